The number of amides is 1. The van der Waals surface area contributed by atoms with Crippen molar-refractivity contribution in [1.29, 1.82) is 0 Å². The van der Waals surface area contributed by atoms with Gasteiger partial charge in [0, 0.05) is 17.8 Å². The molecule has 0 atom stereocenters. The summed E-state index contributed by atoms with van der Waals surface area (Å²) in [6, 6.07) is 14.0. The van der Waals surface area contributed by atoms with Gasteiger partial charge in [0.1, 0.15) is 5.75 Å². The van der Waals surface area contributed by atoms with Gasteiger partial charge in [0.05, 0.1) is 5.56 Å². The number of hydrogen-bond acceptors (Lipinski definition) is 4. The first-order valence-electron chi connectivity index (χ1n) is 8.33. The monoisotopic (exact) mass is 356 g/mol. The van der Waals surface area contributed by atoms with Gasteiger partial charge in [-0.2, -0.15) is 0 Å². The van der Waals surface area contributed by atoms with Crippen molar-refractivity contribution in [3.05, 3.63) is 59.7 Å². The van der Waals surface area contributed by atoms with Gasteiger partial charge in [-0.1, -0.05) is 12.1 Å². The number of benzene rings is 2. The Hall–Kier alpha value is -3.02. The predicted octanol–water partition coefficient (Wildman–Crippen LogP) is 3.29. The third-order valence-corrected chi connectivity index (χ3v) is 3.44. The molecule has 0 unspecified atom stereocenters. The number of aromatic carboxylic acids is 1. The molecule has 0 saturated heterocycles. The molecule has 26 heavy (non-hydrogen) atoms. The fourth-order valence-electron chi connectivity index (χ4n) is 2.24. The number of carbonyl (C=O) groups excluding carboxylic acids is 1. The lowest BCUT2D eigenvalue weighted by molar-refractivity contribution is -0.124. The Morgan fingerprint density at radius 3 is 2.15 bits per heavy atom. The molecule has 0 radical (unpaired) electrons. The van der Waals surface area contributed by atoms with E-state index >= 15 is 0 Å². The van der Waals surface area contributed by atoms with Crippen molar-refractivity contribution in [1.82, 2.24) is 5.32 Å². The fraction of sp³-hybridized carbons (Fsp3) is 0.300. The number of carboxylic acids is 1. The minimum Gasteiger partial charge on any atom is -0.484 e. The number of carboxylic acid groups (broad SMARTS) is 1. The van der Waals surface area contributed by atoms with E-state index in [9.17, 15) is 9.59 Å². The number of hydrogen-bond donors (Lipinski definition) is 3. The van der Waals surface area contributed by atoms with E-state index in [1.807, 2.05) is 45.0 Å². The SMILES string of the molecule is CC(C)(C)NC(=O)COc1ccc(CNc2ccc(C(=O)O)cc2)cc1. The van der Waals surface area contributed by atoms with Gasteiger partial charge in [0.25, 0.3) is 5.91 Å². The average Bonchev–Trinajstić information content (AvgIpc) is 2.58. The highest BCUT2D eigenvalue weighted by Crippen LogP contribution is 2.15. The van der Waals surface area contributed by atoms with Crippen molar-refractivity contribution in [2.75, 3.05) is 11.9 Å². The first-order chi connectivity index (χ1) is 12.2. The van der Waals surface area contributed by atoms with Crippen LogP contribution in [-0.4, -0.2) is 29.1 Å². The first-order valence-corrected chi connectivity index (χ1v) is 8.33. The number of carbonyl (C=O) groups is 2. The highest BCUT2D eigenvalue weighted by Gasteiger charge is 2.13. The quantitative estimate of drug-likeness (QED) is 0.708. The van der Waals surface area contributed by atoms with E-state index in [2.05, 4.69) is 10.6 Å². The molecule has 1 amide bonds. The average molecular weight is 356 g/mol. The van der Waals surface area contributed by atoms with Gasteiger partial charge in [-0.25, -0.2) is 4.79 Å². The number of rotatable bonds is 7. The van der Waals surface area contributed by atoms with Crippen molar-refractivity contribution in [3.8, 4) is 5.75 Å². The second-order valence-electron chi connectivity index (χ2n) is 6.97. The zero-order chi connectivity index (χ0) is 19.2. The Bertz CT molecular complexity index is 747. The van der Waals surface area contributed by atoms with E-state index < -0.39 is 5.97 Å². The van der Waals surface area contributed by atoms with Gasteiger partial charge < -0.3 is 20.5 Å². The van der Waals surface area contributed by atoms with E-state index in [0.29, 0.717) is 12.3 Å². The van der Waals surface area contributed by atoms with Crippen LogP contribution in [0.2, 0.25) is 0 Å². The van der Waals surface area contributed by atoms with E-state index in [4.69, 9.17) is 9.84 Å². The summed E-state index contributed by atoms with van der Waals surface area (Å²) in [6.07, 6.45) is 0. The Morgan fingerprint density at radius 2 is 1.62 bits per heavy atom. The number of anilines is 1. The molecular formula is C20H24N2O4. The first kappa shape index (κ1) is 19.3. The molecule has 2 rings (SSSR count). The summed E-state index contributed by atoms with van der Waals surface area (Å²) in [4.78, 5) is 22.6. The molecule has 6 heteroatoms. The van der Waals surface area contributed by atoms with Crippen LogP contribution in [-0.2, 0) is 11.3 Å². The summed E-state index contributed by atoms with van der Waals surface area (Å²) >= 11 is 0. The Morgan fingerprint density at radius 1 is 1.00 bits per heavy atom. The Kier molecular flexibility index (Phi) is 6.22. The van der Waals surface area contributed by atoms with Gasteiger partial charge in [0.2, 0.25) is 0 Å². The second-order valence-corrected chi connectivity index (χ2v) is 6.97. The normalized spacial score (nSPS) is 10.9. The Labute approximate surface area is 153 Å². The topological polar surface area (TPSA) is 87.7 Å². The van der Waals surface area contributed by atoms with Crippen LogP contribution < -0.4 is 15.4 Å². The molecule has 0 aliphatic carbocycles. The second kappa shape index (κ2) is 8.38. The molecule has 2 aromatic rings. The molecule has 138 valence electrons. The highest BCUT2D eigenvalue weighted by molar-refractivity contribution is 5.88. The molecule has 0 saturated carbocycles. The van der Waals surface area contributed by atoms with Crippen LogP contribution in [0.3, 0.4) is 0 Å². The molecule has 2 aromatic carbocycles. The van der Waals surface area contributed by atoms with Crippen molar-refractivity contribution in [3.63, 3.8) is 0 Å². The molecule has 0 aromatic heterocycles. The van der Waals surface area contributed by atoms with Gasteiger partial charge in [0.15, 0.2) is 6.61 Å². The van der Waals surface area contributed by atoms with Crippen LogP contribution in [0.5, 0.6) is 5.75 Å². The zero-order valence-corrected chi connectivity index (χ0v) is 15.2. The lowest BCUT2D eigenvalue weighted by Crippen LogP contribution is -2.43. The number of nitrogens with one attached hydrogen (secondary N) is 2. The fourth-order valence-corrected chi connectivity index (χ4v) is 2.24. The van der Waals surface area contributed by atoms with Gasteiger partial charge in [-0.05, 0) is 62.7 Å². The van der Waals surface area contributed by atoms with Crippen LogP contribution in [0.25, 0.3) is 0 Å². The molecule has 3 N–H and O–H groups in total. The molecule has 0 aliphatic rings. The van der Waals surface area contributed by atoms with Crippen LogP contribution >= 0.6 is 0 Å². The number of ether oxygens (including phenoxy) is 1. The molecule has 0 heterocycles. The van der Waals surface area contributed by atoms with Crippen molar-refractivity contribution in [2.24, 2.45) is 0 Å². The Balaban J connectivity index is 1.81. The summed E-state index contributed by atoms with van der Waals surface area (Å²) < 4.78 is 5.48. The maximum atomic E-state index is 11.7. The molecular weight excluding hydrogens is 332 g/mol. The van der Waals surface area contributed by atoms with Crippen molar-refractivity contribution >= 4 is 17.6 Å². The van der Waals surface area contributed by atoms with Crippen molar-refractivity contribution < 1.29 is 19.4 Å². The summed E-state index contributed by atoms with van der Waals surface area (Å²) in [5, 5.41) is 14.9. The van der Waals surface area contributed by atoms with Crippen LogP contribution in [0.1, 0.15) is 36.7 Å². The lowest BCUT2D eigenvalue weighted by Gasteiger charge is -2.20. The smallest absolute Gasteiger partial charge is 0.335 e. The van der Waals surface area contributed by atoms with Crippen LogP contribution in [0.4, 0.5) is 5.69 Å². The van der Waals surface area contributed by atoms with Crippen LogP contribution in [0, 0.1) is 0 Å². The highest BCUT2D eigenvalue weighted by atomic mass is 16.5. The molecule has 0 bridgehead atoms. The lowest BCUT2D eigenvalue weighted by atomic mass is 10.1. The van der Waals surface area contributed by atoms with E-state index in [0.717, 1.165) is 11.3 Å². The zero-order valence-electron chi connectivity index (χ0n) is 15.2. The summed E-state index contributed by atoms with van der Waals surface area (Å²) in [5.41, 5.74) is 1.86. The van der Waals surface area contributed by atoms with Crippen LogP contribution in [0.15, 0.2) is 48.5 Å². The minimum atomic E-state index is -0.941. The van der Waals surface area contributed by atoms with E-state index in [1.165, 1.54) is 0 Å². The van der Waals surface area contributed by atoms with Gasteiger partial charge in [-0.3, -0.25) is 4.79 Å². The van der Waals surface area contributed by atoms with Crippen molar-refractivity contribution in [2.45, 2.75) is 32.9 Å². The molecule has 0 aliphatic heterocycles. The largest absolute Gasteiger partial charge is 0.484 e. The summed E-state index contributed by atoms with van der Waals surface area (Å²) in [7, 11) is 0. The third-order valence-electron chi connectivity index (χ3n) is 3.44. The molecule has 0 fully saturated rings. The van der Waals surface area contributed by atoms with Gasteiger partial charge in [-0.15, -0.1) is 0 Å². The maximum Gasteiger partial charge on any atom is 0.335 e. The molecule has 0 spiro atoms. The molecule has 6 nitrogen and oxygen atoms in total. The third kappa shape index (κ3) is 6.47. The summed E-state index contributed by atoms with van der Waals surface area (Å²) in [6.45, 7) is 6.33. The van der Waals surface area contributed by atoms with Gasteiger partial charge >= 0.3 is 5.97 Å². The maximum absolute atomic E-state index is 11.7. The standard InChI is InChI=1S/C20H24N2O4/c1-20(2,3)22-18(23)13-26-17-10-4-14(5-11-17)12-21-16-8-6-15(7-9-16)19(24)25/h4-11,21H,12-13H2,1-3H3,(H,22,23)(H,24,25). The van der Waals surface area contributed by atoms with E-state index in [-0.39, 0.29) is 23.6 Å². The minimum absolute atomic E-state index is 0.0230. The van der Waals surface area contributed by atoms with E-state index in [1.54, 1.807) is 24.3 Å². The summed E-state index contributed by atoms with van der Waals surface area (Å²) in [5.74, 6) is -0.472. The predicted molar refractivity (Wildman–Crippen MR) is 101 cm³/mol.